The molecule has 0 aliphatic rings. The van der Waals surface area contributed by atoms with E-state index in [0.29, 0.717) is 18.5 Å². The van der Waals surface area contributed by atoms with E-state index in [1.165, 1.54) is 38.6 Å². The molecule has 0 saturated heterocycles. The van der Waals surface area contributed by atoms with Crippen LogP contribution in [0.15, 0.2) is 53.2 Å². The molecule has 2 N–H and O–H groups in total. The van der Waals surface area contributed by atoms with Crippen molar-refractivity contribution < 1.29 is 23.1 Å². The Morgan fingerprint density at radius 3 is 2.09 bits per heavy atom. The van der Waals surface area contributed by atoms with Crippen LogP contribution in [0.5, 0.6) is 0 Å². The number of nitrogens with one attached hydrogen (secondary N) is 1. The highest BCUT2D eigenvalue weighted by Crippen LogP contribution is 2.35. The zero-order valence-corrected chi connectivity index (χ0v) is 21.5. The minimum Gasteiger partial charge on any atom is -0.394 e. The van der Waals surface area contributed by atoms with E-state index in [2.05, 4.69) is 48.1 Å². The first kappa shape index (κ1) is 27.1. The molecule has 0 saturated carbocycles. The molecule has 2 heterocycles. The molecule has 1 unspecified atom stereocenters. The average molecular weight is 523 g/mol. The molecule has 4 nitrogen and oxygen atoms in total. The van der Waals surface area contributed by atoms with E-state index < -0.39 is 17.8 Å². The van der Waals surface area contributed by atoms with Crippen molar-refractivity contribution >= 4 is 34.2 Å². The van der Waals surface area contributed by atoms with Gasteiger partial charge in [-0.2, -0.15) is 13.2 Å². The highest BCUT2D eigenvalue weighted by atomic mass is 32.1. The van der Waals surface area contributed by atoms with Gasteiger partial charge in [-0.25, -0.2) is 0 Å². The Morgan fingerprint density at radius 1 is 1.06 bits per heavy atom. The number of carbonyl (C=O) groups excluding carboxylic acids is 1. The standard InChI is InChI=1S/C26H29F3N2O2S2/c1-17-10-13-34-23(17)21(24-18(2)11-14-35-24)5-4-12-31(3)22(16-32)25(33)30-15-19-6-8-20(9-7-19)26(27,28)29/h5-11,13-14,22,32H,4,12,15-16H2,1-3H3,(H,30,33). The zero-order chi connectivity index (χ0) is 25.6. The van der Waals surface area contributed by atoms with Crippen molar-refractivity contribution in [3.63, 3.8) is 0 Å². The van der Waals surface area contributed by atoms with Crippen molar-refractivity contribution in [2.45, 2.75) is 39.0 Å². The molecule has 3 aromatic rings. The second kappa shape index (κ2) is 12.0. The number of likely N-dealkylation sites (N-methyl/N-ethyl adjacent to an activating group) is 1. The average Bonchev–Trinajstić information content (AvgIpc) is 3.43. The maximum absolute atomic E-state index is 12.7. The molecule has 0 fully saturated rings. The second-order valence-electron chi connectivity index (χ2n) is 8.36. The third kappa shape index (κ3) is 7.04. The Morgan fingerprint density at radius 2 is 1.63 bits per heavy atom. The highest BCUT2D eigenvalue weighted by molar-refractivity contribution is 7.14. The Balaban J connectivity index is 1.61. The molecular formula is C26H29F3N2O2S2. The SMILES string of the molecule is Cc1ccsc1C(=CCCN(C)C(CO)C(=O)NCc1ccc(C(F)(F)F)cc1)c1sccc1C. The number of amides is 1. The summed E-state index contributed by atoms with van der Waals surface area (Å²) in [6.45, 7) is 4.47. The lowest BCUT2D eigenvalue weighted by Gasteiger charge is -2.25. The molecule has 0 aliphatic heterocycles. The lowest BCUT2D eigenvalue weighted by Crippen LogP contribution is -2.47. The van der Waals surface area contributed by atoms with Crippen molar-refractivity contribution in [2.75, 3.05) is 20.2 Å². The van der Waals surface area contributed by atoms with E-state index in [0.717, 1.165) is 12.1 Å². The van der Waals surface area contributed by atoms with E-state index in [-0.39, 0.29) is 19.1 Å². The summed E-state index contributed by atoms with van der Waals surface area (Å²) in [6, 6.07) is 8.11. The third-order valence-electron chi connectivity index (χ3n) is 5.80. The van der Waals surface area contributed by atoms with Crippen LogP contribution in [0.25, 0.3) is 5.57 Å². The zero-order valence-electron chi connectivity index (χ0n) is 19.9. The van der Waals surface area contributed by atoms with Gasteiger partial charge >= 0.3 is 6.18 Å². The molecule has 0 aliphatic carbocycles. The number of carbonyl (C=O) groups is 1. The van der Waals surface area contributed by atoms with Gasteiger partial charge in [-0.05, 0) is 79.0 Å². The summed E-state index contributed by atoms with van der Waals surface area (Å²) in [5, 5.41) is 16.7. The van der Waals surface area contributed by atoms with Gasteiger partial charge in [0.05, 0.1) is 12.2 Å². The summed E-state index contributed by atoms with van der Waals surface area (Å²) >= 11 is 3.41. The number of benzene rings is 1. The number of alkyl halides is 3. The van der Waals surface area contributed by atoms with E-state index in [4.69, 9.17) is 0 Å². The quantitative estimate of drug-likeness (QED) is 0.350. The number of halogens is 3. The molecule has 3 rings (SSSR count). The van der Waals surface area contributed by atoms with Gasteiger partial charge in [0.15, 0.2) is 0 Å². The van der Waals surface area contributed by atoms with Crippen molar-refractivity contribution in [1.29, 1.82) is 0 Å². The molecule has 0 radical (unpaired) electrons. The molecule has 0 spiro atoms. The minimum absolute atomic E-state index is 0.0840. The fourth-order valence-corrected chi connectivity index (χ4v) is 5.71. The normalized spacial score (nSPS) is 12.6. The molecule has 2 aromatic heterocycles. The maximum atomic E-state index is 12.7. The van der Waals surface area contributed by atoms with E-state index in [1.807, 2.05) is 0 Å². The van der Waals surface area contributed by atoms with Crippen LogP contribution in [0, 0.1) is 13.8 Å². The molecule has 35 heavy (non-hydrogen) atoms. The van der Waals surface area contributed by atoms with Crippen molar-refractivity contribution in [1.82, 2.24) is 10.2 Å². The topological polar surface area (TPSA) is 52.6 Å². The van der Waals surface area contributed by atoms with E-state index >= 15 is 0 Å². The van der Waals surface area contributed by atoms with Gasteiger partial charge in [0.25, 0.3) is 0 Å². The lowest BCUT2D eigenvalue weighted by molar-refractivity contribution is -0.137. The summed E-state index contributed by atoms with van der Waals surface area (Å²) in [7, 11) is 1.78. The minimum atomic E-state index is -4.40. The number of rotatable bonds is 10. The molecule has 1 amide bonds. The fourth-order valence-electron chi connectivity index (χ4n) is 3.70. The number of nitrogens with zero attached hydrogens (tertiary/aromatic N) is 1. The lowest BCUT2D eigenvalue weighted by atomic mass is 10.1. The van der Waals surface area contributed by atoms with Gasteiger partial charge in [-0.15, -0.1) is 22.7 Å². The van der Waals surface area contributed by atoms with Crippen LogP contribution in [0.1, 0.15) is 38.4 Å². The number of hydrogen-bond donors (Lipinski definition) is 2. The summed E-state index contributed by atoms with van der Waals surface area (Å²) in [5.41, 5.74) is 3.45. The number of aliphatic hydroxyl groups is 1. The number of thiophene rings is 2. The van der Waals surface area contributed by atoms with Crippen LogP contribution in [0.4, 0.5) is 13.2 Å². The predicted molar refractivity (Wildman–Crippen MR) is 137 cm³/mol. The van der Waals surface area contributed by atoms with E-state index in [9.17, 15) is 23.1 Å². The van der Waals surface area contributed by atoms with Crippen molar-refractivity contribution in [3.8, 4) is 0 Å². The molecule has 188 valence electrons. The predicted octanol–water partition coefficient (Wildman–Crippen LogP) is 5.88. The van der Waals surface area contributed by atoms with Gasteiger partial charge in [-0.3, -0.25) is 9.69 Å². The summed E-state index contributed by atoms with van der Waals surface area (Å²) in [4.78, 5) is 16.9. The third-order valence-corrected chi connectivity index (χ3v) is 7.90. The Bertz CT molecular complexity index is 1110. The molecule has 0 bridgehead atoms. The number of hydrogen-bond acceptors (Lipinski definition) is 5. The van der Waals surface area contributed by atoms with Crippen molar-refractivity contribution in [3.05, 3.63) is 85.2 Å². The first-order chi connectivity index (χ1) is 16.6. The van der Waals surface area contributed by atoms with Crippen LogP contribution in [0.3, 0.4) is 0 Å². The molecule has 9 heteroatoms. The molecule has 1 aromatic carbocycles. The van der Waals surface area contributed by atoms with Crippen LogP contribution >= 0.6 is 22.7 Å². The first-order valence-corrected chi connectivity index (χ1v) is 12.9. The largest absolute Gasteiger partial charge is 0.416 e. The van der Waals surface area contributed by atoms with Crippen LogP contribution in [-0.2, 0) is 17.5 Å². The van der Waals surface area contributed by atoms with Crippen LogP contribution < -0.4 is 5.32 Å². The van der Waals surface area contributed by atoms with Crippen LogP contribution in [0.2, 0.25) is 0 Å². The Kier molecular flexibility index (Phi) is 9.29. The van der Waals surface area contributed by atoms with Gasteiger partial charge in [0, 0.05) is 28.4 Å². The Labute approximate surface area is 211 Å². The van der Waals surface area contributed by atoms with Gasteiger partial charge < -0.3 is 10.4 Å². The van der Waals surface area contributed by atoms with Crippen LogP contribution in [-0.4, -0.2) is 42.2 Å². The van der Waals surface area contributed by atoms with Gasteiger partial charge in [0.1, 0.15) is 6.04 Å². The monoisotopic (exact) mass is 522 g/mol. The fraction of sp³-hybridized carbons (Fsp3) is 0.346. The number of aryl methyl sites for hydroxylation is 2. The summed E-state index contributed by atoms with van der Waals surface area (Å²) in [6.07, 6.45) is -1.53. The summed E-state index contributed by atoms with van der Waals surface area (Å²) in [5.74, 6) is -0.373. The molecular weight excluding hydrogens is 493 g/mol. The van der Waals surface area contributed by atoms with Gasteiger partial charge in [0.2, 0.25) is 5.91 Å². The highest BCUT2D eigenvalue weighted by Gasteiger charge is 2.30. The molecule has 1 atom stereocenters. The smallest absolute Gasteiger partial charge is 0.394 e. The number of aliphatic hydroxyl groups excluding tert-OH is 1. The van der Waals surface area contributed by atoms with Gasteiger partial charge in [-0.1, -0.05) is 18.2 Å². The first-order valence-electron chi connectivity index (χ1n) is 11.2. The maximum Gasteiger partial charge on any atom is 0.416 e. The van der Waals surface area contributed by atoms with Crippen molar-refractivity contribution in [2.24, 2.45) is 0 Å². The van der Waals surface area contributed by atoms with E-state index in [1.54, 1.807) is 34.6 Å². The second-order valence-corrected chi connectivity index (χ2v) is 10.2. The summed E-state index contributed by atoms with van der Waals surface area (Å²) < 4.78 is 38.2. The Hall–Kier alpha value is -2.46.